The van der Waals surface area contributed by atoms with Gasteiger partial charge in [-0.05, 0) is 50.7 Å². The molecule has 2 amide bonds. The van der Waals surface area contributed by atoms with E-state index in [0.717, 1.165) is 56.1 Å². The summed E-state index contributed by atoms with van der Waals surface area (Å²) in [6.45, 7) is 4.27. The van der Waals surface area contributed by atoms with Crippen LogP contribution in [0.15, 0.2) is 24.3 Å². The minimum atomic E-state index is -0.363. The maximum absolute atomic E-state index is 13.5. The Bertz CT molecular complexity index is 704. The fourth-order valence-electron chi connectivity index (χ4n) is 5.12. The van der Waals surface area contributed by atoms with Gasteiger partial charge in [0.25, 0.3) is 5.91 Å². The van der Waals surface area contributed by atoms with Crippen molar-refractivity contribution in [2.24, 2.45) is 0 Å². The molecule has 1 N–H and O–H groups in total. The molecule has 2 fully saturated rings. The molecule has 1 aliphatic heterocycles. The van der Waals surface area contributed by atoms with Crippen LogP contribution in [0.5, 0.6) is 0 Å². The molecule has 2 saturated carbocycles. The average Bonchev–Trinajstić information content (AvgIpc) is 3.46. The van der Waals surface area contributed by atoms with Crippen LogP contribution in [0, 0.1) is 0 Å². The summed E-state index contributed by atoms with van der Waals surface area (Å²) in [6, 6.07) is 8.28. The Balaban J connectivity index is 1.86. The number of amides is 2. The van der Waals surface area contributed by atoms with Crippen molar-refractivity contribution in [3.63, 3.8) is 0 Å². The van der Waals surface area contributed by atoms with E-state index in [1.807, 2.05) is 24.3 Å². The zero-order chi connectivity index (χ0) is 18.3. The summed E-state index contributed by atoms with van der Waals surface area (Å²) in [4.78, 5) is 29.0. The van der Waals surface area contributed by atoms with E-state index in [4.69, 9.17) is 0 Å². The Hall–Kier alpha value is -1.84. The Kier molecular flexibility index (Phi) is 4.54. The lowest BCUT2D eigenvalue weighted by Gasteiger charge is -2.55. The smallest absolute Gasteiger partial charge is 0.254 e. The van der Waals surface area contributed by atoms with Crippen LogP contribution in [-0.4, -0.2) is 34.3 Å². The van der Waals surface area contributed by atoms with Crippen molar-refractivity contribution in [3.05, 3.63) is 35.4 Å². The first-order chi connectivity index (χ1) is 12.6. The third-order valence-electron chi connectivity index (χ3n) is 6.68. The number of benzene rings is 1. The van der Waals surface area contributed by atoms with E-state index in [-0.39, 0.29) is 29.3 Å². The van der Waals surface area contributed by atoms with Crippen LogP contribution in [-0.2, 0) is 4.79 Å². The van der Waals surface area contributed by atoms with Crippen molar-refractivity contribution in [1.82, 2.24) is 10.2 Å². The van der Waals surface area contributed by atoms with Crippen molar-refractivity contribution in [2.45, 2.75) is 88.8 Å². The summed E-state index contributed by atoms with van der Waals surface area (Å²) in [6.07, 6.45) is 8.32. The minimum absolute atomic E-state index is 0.118. The number of hydrogen-bond acceptors (Lipinski definition) is 2. The first-order valence-corrected chi connectivity index (χ1v) is 10.3. The van der Waals surface area contributed by atoms with Gasteiger partial charge in [0.15, 0.2) is 0 Å². The molecule has 1 aromatic carbocycles. The molecule has 0 saturated heterocycles. The zero-order valence-corrected chi connectivity index (χ0v) is 16.0. The van der Waals surface area contributed by atoms with Crippen LogP contribution >= 0.6 is 0 Å². The van der Waals surface area contributed by atoms with Gasteiger partial charge in [0.05, 0.1) is 11.5 Å². The van der Waals surface area contributed by atoms with Gasteiger partial charge in [-0.3, -0.25) is 9.59 Å². The molecule has 4 nitrogen and oxygen atoms in total. The molecule has 0 unspecified atom stereocenters. The van der Waals surface area contributed by atoms with Gasteiger partial charge in [0.2, 0.25) is 5.91 Å². The van der Waals surface area contributed by atoms with Crippen LogP contribution in [0.25, 0.3) is 0 Å². The maximum atomic E-state index is 13.5. The standard InChI is InChI=1S/C22H30N2O2/c1-3-15(2)24-21(26)18-10-6-5-9-17(18)19(20(25)23-16-11-12-16)22(24)13-7-4-8-14-22/h5-6,9-10,15-16,19H,3-4,7-8,11-14H2,1-2H3,(H,23,25)/t15-,19-/m1/s1. The molecular formula is C22H30N2O2. The second-order valence-corrected chi connectivity index (χ2v) is 8.40. The van der Waals surface area contributed by atoms with Crippen molar-refractivity contribution in [2.75, 3.05) is 0 Å². The highest BCUT2D eigenvalue weighted by molar-refractivity contribution is 6.02. The second kappa shape index (κ2) is 6.71. The summed E-state index contributed by atoms with van der Waals surface area (Å²) >= 11 is 0. The summed E-state index contributed by atoms with van der Waals surface area (Å²) in [5, 5.41) is 3.25. The minimum Gasteiger partial charge on any atom is -0.353 e. The maximum Gasteiger partial charge on any atom is 0.254 e. The van der Waals surface area contributed by atoms with E-state index in [1.54, 1.807) is 0 Å². The van der Waals surface area contributed by atoms with Crippen molar-refractivity contribution in [3.8, 4) is 0 Å². The van der Waals surface area contributed by atoms with Gasteiger partial charge in [-0.2, -0.15) is 0 Å². The normalized spacial score (nSPS) is 25.7. The van der Waals surface area contributed by atoms with E-state index in [2.05, 4.69) is 24.1 Å². The molecule has 140 valence electrons. The molecule has 26 heavy (non-hydrogen) atoms. The molecule has 0 bridgehead atoms. The Morgan fingerprint density at radius 1 is 1.23 bits per heavy atom. The summed E-state index contributed by atoms with van der Waals surface area (Å²) < 4.78 is 0. The SMILES string of the molecule is CC[C@@H](C)N1C(=O)c2ccccc2[C@H](C(=O)NC2CC2)C12CCCCC2. The number of hydrogen-bond donors (Lipinski definition) is 1. The molecular weight excluding hydrogens is 324 g/mol. The fraction of sp³-hybridized carbons (Fsp3) is 0.636. The molecule has 0 aromatic heterocycles. The van der Waals surface area contributed by atoms with Crippen molar-refractivity contribution < 1.29 is 9.59 Å². The van der Waals surface area contributed by atoms with Gasteiger partial charge in [-0.25, -0.2) is 0 Å². The predicted molar refractivity (Wildman–Crippen MR) is 102 cm³/mol. The molecule has 4 heteroatoms. The Labute approximate surface area is 156 Å². The lowest BCUT2D eigenvalue weighted by Crippen LogP contribution is -2.64. The fourth-order valence-corrected chi connectivity index (χ4v) is 5.12. The summed E-state index contributed by atoms with van der Waals surface area (Å²) in [7, 11) is 0. The van der Waals surface area contributed by atoms with E-state index in [1.165, 1.54) is 6.42 Å². The molecule has 2 aliphatic carbocycles. The van der Waals surface area contributed by atoms with Crippen molar-refractivity contribution in [1.29, 1.82) is 0 Å². The molecule has 0 radical (unpaired) electrons. The Morgan fingerprint density at radius 3 is 2.58 bits per heavy atom. The first-order valence-electron chi connectivity index (χ1n) is 10.3. The van der Waals surface area contributed by atoms with Crippen LogP contribution < -0.4 is 5.32 Å². The number of rotatable bonds is 4. The van der Waals surface area contributed by atoms with E-state index in [0.29, 0.717) is 6.04 Å². The van der Waals surface area contributed by atoms with Gasteiger partial charge in [-0.15, -0.1) is 0 Å². The highest BCUT2D eigenvalue weighted by atomic mass is 16.2. The third kappa shape index (κ3) is 2.74. The largest absolute Gasteiger partial charge is 0.353 e. The van der Waals surface area contributed by atoms with Crippen LogP contribution in [0.4, 0.5) is 0 Å². The van der Waals surface area contributed by atoms with E-state index in [9.17, 15) is 9.59 Å². The van der Waals surface area contributed by atoms with Crippen LogP contribution in [0.2, 0.25) is 0 Å². The number of carbonyl (C=O) groups is 2. The van der Waals surface area contributed by atoms with Crippen LogP contribution in [0.3, 0.4) is 0 Å². The lowest BCUT2D eigenvalue weighted by atomic mass is 9.64. The molecule has 2 atom stereocenters. The molecule has 1 heterocycles. The molecule has 3 aliphatic rings. The van der Waals surface area contributed by atoms with Gasteiger partial charge < -0.3 is 10.2 Å². The number of nitrogens with one attached hydrogen (secondary N) is 1. The molecule has 1 aromatic rings. The van der Waals surface area contributed by atoms with E-state index >= 15 is 0 Å². The number of fused-ring (bicyclic) bond motifs is 1. The highest BCUT2D eigenvalue weighted by Crippen LogP contribution is 2.50. The Morgan fingerprint density at radius 2 is 1.92 bits per heavy atom. The lowest BCUT2D eigenvalue weighted by molar-refractivity contribution is -0.128. The van der Waals surface area contributed by atoms with Crippen LogP contribution in [0.1, 0.15) is 87.1 Å². The van der Waals surface area contributed by atoms with Gasteiger partial charge in [0.1, 0.15) is 0 Å². The summed E-state index contributed by atoms with van der Waals surface area (Å²) in [5.41, 5.74) is 1.30. The monoisotopic (exact) mass is 354 g/mol. The topological polar surface area (TPSA) is 49.4 Å². The first kappa shape index (κ1) is 17.6. The van der Waals surface area contributed by atoms with Crippen molar-refractivity contribution >= 4 is 11.8 Å². The highest BCUT2D eigenvalue weighted by Gasteiger charge is 2.55. The summed E-state index contributed by atoms with van der Waals surface area (Å²) in [5.74, 6) is 0.00118. The second-order valence-electron chi connectivity index (χ2n) is 8.40. The number of nitrogens with zero attached hydrogens (tertiary/aromatic N) is 1. The van der Waals surface area contributed by atoms with Gasteiger partial charge >= 0.3 is 0 Å². The van der Waals surface area contributed by atoms with Gasteiger partial charge in [0, 0.05) is 17.6 Å². The van der Waals surface area contributed by atoms with E-state index < -0.39 is 0 Å². The molecule has 1 spiro atoms. The molecule has 4 rings (SSSR count). The van der Waals surface area contributed by atoms with Gasteiger partial charge in [-0.1, -0.05) is 44.4 Å². The predicted octanol–water partition coefficient (Wildman–Crippen LogP) is 4.01. The average molecular weight is 354 g/mol. The zero-order valence-electron chi connectivity index (χ0n) is 16.0. The number of carbonyl (C=O) groups excluding carboxylic acids is 2. The quantitative estimate of drug-likeness (QED) is 0.888. The third-order valence-corrected chi connectivity index (χ3v) is 6.68.